The standard InChI is InChI=1S/C42H44Cl2N8O14/c1-21(53)33(39(59)47-31(17-23-9-5-3-6-10-23)37(57)45-29-15-13-25(51(63)64)19-27(29)43)49-41(61)35(55)36(56)42(62)50-34(22(2)54)40(60)48-32(18-24-11-7-4-8-12-24)38(58)46-30-16-14-26(52(65)66)20-28(30)44/h3-16,19-22,31-36,53-56H,17-18H2,1-2H3,(H,45,57)(H,46,58)(H,47,59)(H,48,60)(H,49,61)(H,50,62)/t21?,22?,31-,32-,33-,34-,35+,36+/m0/s1. The number of benzene rings is 4. The molecule has 24 heteroatoms. The van der Waals surface area contributed by atoms with Gasteiger partial charge in [-0.1, -0.05) is 83.9 Å². The predicted octanol–water partition coefficient (Wildman–Crippen LogP) is 1.30. The number of anilines is 2. The molecule has 4 aromatic carbocycles. The Balaban J connectivity index is 1.46. The number of nitro groups is 2. The normalized spacial score (nSPS) is 14.6. The van der Waals surface area contributed by atoms with Crippen molar-refractivity contribution in [3.05, 3.63) is 138 Å². The van der Waals surface area contributed by atoms with Gasteiger partial charge in [-0.25, -0.2) is 0 Å². The van der Waals surface area contributed by atoms with Crippen LogP contribution in [0.5, 0.6) is 0 Å². The summed E-state index contributed by atoms with van der Waals surface area (Å²) in [5, 5.41) is 78.1. The number of aliphatic hydroxyl groups excluding tert-OH is 4. The van der Waals surface area contributed by atoms with Crippen LogP contribution in [0.4, 0.5) is 22.7 Å². The van der Waals surface area contributed by atoms with Gasteiger partial charge in [-0.15, -0.1) is 0 Å². The van der Waals surface area contributed by atoms with E-state index in [1.807, 2.05) is 10.6 Å². The second kappa shape index (κ2) is 23.7. The number of hydrogen-bond acceptors (Lipinski definition) is 14. The van der Waals surface area contributed by atoms with E-state index in [9.17, 15) is 69.4 Å². The molecule has 0 aliphatic heterocycles. The molecule has 0 heterocycles. The molecule has 4 rings (SSSR count). The molecule has 4 aromatic rings. The van der Waals surface area contributed by atoms with Gasteiger partial charge in [0.2, 0.25) is 23.6 Å². The number of halogens is 2. The monoisotopic (exact) mass is 954 g/mol. The number of rotatable bonds is 21. The van der Waals surface area contributed by atoms with Gasteiger partial charge in [-0.3, -0.25) is 49.0 Å². The second-order valence-electron chi connectivity index (χ2n) is 14.7. The van der Waals surface area contributed by atoms with Crippen LogP contribution in [-0.4, -0.2) is 114 Å². The molecule has 10 N–H and O–H groups in total. The van der Waals surface area contributed by atoms with Crippen LogP contribution < -0.4 is 31.9 Å². The quantitative estimate of drug-likeness (QED) is 0.0416. The Morgan fingerprint density at radius 2 is 0.848 bits per heavy atom. The number of nitro benzene ring substituents is 2. The van der Waals surface area contributed by atoms with Gasteiger partial charge >= 0.3 is 0 Å². The van der Waals surface area contributed by atoms with Gasteiger partial charge in [0.1, 0.15) is 24.2 Å². The first-order valence-electron chi connectivity index (χ1n) is 19.7. The molecule has 0 fully saturated rings. The summed E-state index contributed by atoms with van der Waals surface area (Å²) in [6, 6.07) is 16.3. The van der Waals surface area contributed by atoms with Crippen molar-refractivity contribution in [3.63, 3.8) is 0 Å². The lowest BCUT2D eigenvalue weighted by atomic mass is 10.0. The Bertz CT molecular complexity index is 2260. The van der Waals surface area contributed by atoms with Gasteiger partial charge in [-0.05, 0) is 37.1 Å². The van der Waals surface area contributed by atoms with Gasteiger partial charge in [0, 0.05) is 37.1 Å². The van der Waals surface area contributed by atoms with Crippen LogP contribution in [0.2, 0.25) is 10.0 Å². The Morgan fingerprint density at radius 3 is 1.14 bits per heavy atom. The third-order valence-electron chi connectivity index (χ3n) is 9.64. The van der Waals surface area contributed by atoms with Crippen LogP contribution in [0.15, 0.2) is 97.1 Å². The Hall–Kier alpha value is -7.08. The average molecular weight is 956 g/mol. The summed E-state index contributed by atoms with van der Waals surface area (Å²) in [5.41, 5.74) is 0.269. The summed E-state index contributed by atoms with van der Waals surface area (Å²) in [6.07, 6.45) is -9.11. The zero-order valence-electron chi connectivity index (χ0n) is 34.8. The van der Waals surface area contributed by atoms with Crippen molar-refractivity contribution in [2.75, 3.05) is 10.6 Å². The highest BCUT2D eigenvalue weighted by Crippen LogP contribution is 2.28. The molecule has 6 amide bonds. The van der Waals surface area contributed by atoms with Gasteiger partial charge < -0.3 is 52.3 Å². The van der Waals surface area contributed by atoms with Crippen molar-refractivity contribution < 1.29 is 59.0 Å². The fourth-order valence-electron chi connectivity index (χ4n) is 6.09. The van der Waals surface area contributed by atoms with Gasteiger partial charge in [-0.2, -0.15) is 0 Å². The highest BCUT2D eigenvalue weighted by Gasteiger charge is 2.38. The van der Waals surface area contributed by atoms with E-state index in [0.29, 0.717) is 11.1 Å². The van der Waals surface area contributed by atoms with Crippen molar-refractivity contribution in [1.82, 2.24) is 21.3 Å². The Morgan fingerprint density at radius 1 is 0.515 bits per heavy atom. The minimum Gasteiger partial charge on any atom is -0.391 e. The number of amides is 6. The highest BCUT2D eigenvalue weighted by atomic mass is 35.5. The van der Waals surface area contributed by atoms with E-state index in [2.05, 4.69) is 21.3 Å². The maximum Gasteiger partial charge on any atom is 0.271 e. The molecule has 0 bridgehead atoms. The number of nitrogens with zero attached hydrogens (tertiary/aromatic N) is 2. The lowest BCUT2D eigenvalue weighted by Crippen LogP contribution is -2.61. The molecule has 0 aromatic heterocycles. The summed E-state index contributed by atoms with van der Waals surface area (Å²) in [7, 11) is 0. The Kier molecular flexibility index (Phi) is 18.5. The average Bonchev–Trinajstić information content (AvgIpc) is 3.27. The van der Waals surface area contributed by atoms with Crippen LogP contribution in [0.1, 0.15) is 25.0 Å². The first-order chi connectivity index (χ1) is 31.2. The minimum absolute atomic E-state index is 0.0480. The Labute approximate surface area is 385 Å². The number of hydrogen-bond donors (Lipinski definition) is 10. The predicted molar refractivity (Wildman–Crippen MR) is 237 cm³/mol. The zero-order valence-corrected chi connectivity index (χ0v) is 36.3. The summed E-state index contributed by atoms with van der Waals surface area (Å²) in [6.45, 7) is 2.14. The SMILES string of the molecule is CC(O)[C@H](NC(=O)[C@H](O)[C@@H](O)C(=O)N[C@H](C(=O)N[C@@H](Cc1ccccc1)C(=O)Nc1ccc([N+](=O)[O-])cc1Cl)C(C)O)C(=O)N[C@@H](Cc1ccccc1)C(=O)Nc1ccc([N+](=O)[O-])cc1Cl. The van der Waals surface area contributed by atoms with Crippen molar-refractivity contribution in [1.29, 1.82) is 0 Å². The van der Waals surface area contributed by atoms with Crippen molar-refractivity contribution >= 4 is 81.4 Å². The van der Waals surface area contributed by atoms with Crippen molar-refractivity contribution in [3.8, 4) is 0 Å². The topological polar surface area (TPSA) is 342 Å². The van der Waals surface area contributed by atoms with E-state index in [-0.39, 0.29) is 45.6 Å². The number of carbonyl (C=O) groups is 6. The first kappa shape index (κ1) is 51.6. The number of non-ortho nitro benzene ring substituents is 2. The van der Waals surface area contributed by atoms with Crippen molar-refractivity contribution in [2.45, 2.75) is 75.3 Å². The second-order valence-corrected chi connectivity index (χ2v) is 15.5. The van der Waals surface area contributed by atoms with Crippen LogP contribution >= 0.6 is 23.2 Å². The number of carbonyl (C=O) groups excluding carboxylic acids is 6. The van der Waals surface area contributed by atoms with Gasteiger partial charge in [0.15, 0.2) is 12.2 Å². The summed E-state index contributed by atoms with van der Waals surface area (Å²) in [4.78, 5) is 101. The molecule has 22 nitrogen and oxygen atoms in total. The van der Waals surface area contributed by atoms with E-state index < -0.39 is 93.9 Å². The molecular formula is C42H44Cl2N8O14. The van der Waals surface area contributed by atoms with E-state index in [4.69, 9.17) is 23.2 Å². The lowest BCUT2D eigenvalue weighted by Gasteiger charge is -2.27. The summed E-state index contributed by atoms with van der Waals surface area (Å²) < 4.78 is 0. The maximum atomic E-state index is 13.6. The molecule has 0 radical (unpaired) electrons. The largest absolute Gasteiger partial charge is 0.391 e. The smallest absolute Gasteiger partial charge is 0.271 e. The summed E-state index contributed by atoms with van der Waals surface area (Å²) in [5.74, 6) is -7.25. The summed E-state index contributed by atoms with van der Waals surface area (Å²) >= 11 is 12.3. The van der Waals surface area contributed by atoms with Crippen LogP contribution in [0.25, 0.3) is 0 Å². The van der Waals surface area contributed by atoms with Crippen molar-refractivity contribution in [2.24, 2.45) is 0 Å². The zero-order chi connectivity index (χ0) is 48.8. The number of aliphatic hydroxyl groups is 4. The van der Waals surface area contributed by atoms with E-state index >= 15 is 0 Å². The van der Waals surface area contributed by atoms with E-state index in [1.165, 1.54) is 12.1 Å². The molecule has 0 aliphatic rings. The van der Waals surface area contributed by atoms with Crippen LogP contribution in [-0.2, 0) is 41.6 Å². The van der Waals surface area contributed by atoms with E-state index in [0.717, 1.165) is 38.1 Å². The molecule has 0 aliphatic carbocycles. The third kappa shape index (κ3) is 14.5. The fourth-order valence-corrected chi connectivity index (χ4v) is 6.54. The molecule has 66 heavy (non-hydrogen) atoms. The van der Waals surface area contributed by atoms with E-state index in [1.54, 1.807) is 60.7 Å². The van der Waals surface area contributed by atoms with Crippen LogP contribution in [0.3, 0.4) is 0 Å². The lowest BCUT2D eigenvalue weighted by molar-refractivity contribution is -0.385. The fraction of sp³-hybridized carbons (Fsp3) is 0.286. The molecule has 0 saturated heterocycles. The van der Waals surface area contributed by atoms with Gasteiger partial charge in [0.25, 0.3) is 23.2 Å². The molecule has 350 valence electrons. The highest BCUT2D eigenvalue weighted by molar-refractivity contribution is 6.34. The van der Waals surface area contributed by atoms with Crippen LogP contribution in [0, 0.1) is 20.2 Å². The van der Waals surface area contributed by atoms with Gasteiger partial charge in [0.05, 0.1) is 43.5 Å². The maximum absolute atomic E-state index is 13.6. The molecule has 2 unspecified atom stereocenters. The number of nitrogens with one attached hydrogen (secondary N) is 6. The molecular weight excluding hydrogens is 911 g/mol. The molecule has 8 atom stereocenters. The minimum atomic E-state index is -2.67. The molecule has 0 saturated carbocycles. The first-order valence-corrected chi connectivity index (χ1v) is 20.4. The molecule has 0 spiro atoms. The third-order valence-corrected chi connectivity index (χ3v) is 10.3.